The van der Waals surface area contributed by atoms with Crippen LogP contribution in [-0.2, 0) is 7.05 Å². The second-order valence-electron chi connectivity index (χ2n) is 3.86. The molecule has 1 atom stereocenters. The normalized spacial score (nSPS) is 24.0. The quantitative estimate of drug-likeness (QED) is 0.624. The highest BCUT2D eigenvalue weighted by Gasteiger charge is 2.21. The summed E-state index contributed by atoms with van der Waals surface area (Å²) in [6.07, 6.45) is 1.79. The molecule has 1 aliphatic rings. The van der Waals surface area contributed by atoms with E-state index < -0.39 is 0 Å². The van der Waals surface area contributed by atoms with Gasteiger partial charge in [-0.05, 0) is 7.05 Å². The minimum Gasteiger partial charge on any atom is -0.307 e. The summed E-state index contributed by atoms with van der Waals surface area (Å²) in [5.41, 5.74) is 0.900. The van der Waals surface area contributed by atoms with Crippen LogP contribution < -0.4 is 10.9 Å². The topological polar surface area (TPSA) is 53.1 Å². The SMILES string of the molecule is CN1CCNC(c2c[nH]n(C)c2=O)C1. The van der Waals surface area contributed by atoms with Crippen molar-refractivity contribution < 1.29 is 0 Å². The molecule has 2 rings (SSSR count). The van der Waals surface area contributed by atoms with E-state index in [9.17, 15) is 4.79 Å². The zero-order chi connectivity index (χ0) is 10.1. The van der Waals surface area contributed by atoms with Crippen LogP contribution in [0.4, 0.5) is 0 Å². The van der Waals surface area contributed by atoms with E-state index >= 15 is 0 Å². The summed E-state index contributed by atoms with van der Waals surface area (Å²) >= 11 is 0. The van der Waals surface area contributed by atoms with Crippen molar-refractivity contribution in [1.29, 1.82) is 0 Å². The molecule has 1 aromatic rings. The third-order valence-corrected chi connectivity index (χ3v) is 2.72. The molecule has 0 aliphatic carbocycles. The number of nitrogens with one attached hydrogen (secondary N) is 2. The Hall–Kier alpha value is -1.07. The molecule has 0 spiro atoms. The number of piperazine rings is 1. The fraction of sp³-hybridized carbons (Fsp3) is 0.667. The summed E-state index contributed by atoms with van der Waals surface area (Å²) in [6, 6.07) is 0.165. The van der Waals surface area contributed by atoms with Crippen LogP contribution in [0.1, 0.15) is 11.6 Å². The molecule has 14 heavy (non-hydrogen) atoms. The number of rotatable bonds is 1. The molecular formula is C9H16N4O. The first-order chi connectivity index (χ1) is 6.68. The Morgan fingerprint density at radius 2 is 2.29 bits per heavy atom. The Labute approximate surface area is 82.7 Å². The molecule has 5 heteroatoms. The van der Waals surface area contributed by atoms with Gasteiger partial charge in [-0.15, -0.1) is 0 Å². The van der Waals surface area contributed by atoms with Gasteiger partial charge in [0.15, 0.2) is 0 Å². The molecule has 1 aromatic heterocycles. The highest BCUT2D eigenvalue weighted by molar-refractivity contribution is 5.12. The number of H-pyrrole nitrogens is 1. The van der Waals surface area contributed by atoms with Gasteiger partial charge in [0.1, 0.15) is 0 Å². The van der Waals surface area contributed by atoms with Gasteiger partial charge in [-0.3, -0.25) is 9.48 Å². The molecule has 1 saturated heterocycles. The van der Waals surface area contributed by atoms with Crippen LogP contribution in [-0.4, -0.2) is 41.4 Å². The van der Waals surface area contributed by atoms with Crippen LogP contribution >= 0.6 is 0 Å². The second-order valence-corrected chi connectivity index (χ2v) is 3.86. The smallest absolute Gasteiger partial charge is 0.271 e. The second kappa shape index (κ2) is 3.59. The lowest BCUT2D eigenvalue weighted by Crippen LogP contribution is -2.45. The lowest BCUT2D eigenvalue weighted by atomic mass is 10.1. The molecule has 0 radical (unpaired) electrons. The summed E-state index contributed by atoms with van der Waals surface area (Å²) < 4.78 is 1.51. The molecule has 5 nitrogen and oxygen atoms in total. The van der Waals surface area contributed by atoms with Crippen molar-refractivity contribution in [3.63, 3.8) is 0 Å². The van der Waals surface area contributed by atoms with E-state index in [1.165, 1.54) is 4.68 Å². The fourth-order valence-corrected chi connectivity index (χ4v) is 1.84. The number of hydrogen-bond donors (Lipinski definition) is 2. The van der Waals surface area contributed by atoms with E-state index in [0.29, 0.717) is 0 Å². The Kier molecular flexibility index (Phi) is 2.43. The molecule has 2 heterocycles. The number of hydrogen-bond acceptors (Lipinski definition) is 3. The van der Waals surface area contributed by atoms with Crippen molar-refractivity contribution in [3.05, 3.63) is 22.1 Å². The van der Waals surface area contributed by atoms with Crippen LogP contribution in [0.15, 0.2) is 11.0 Å². The van der Waals surface area contributed by atoms with E-state index in [-0.39, 0.29) is 11.6 Å². The molecule has 0 amide bonds. The zero-order valence-electron chi connectivity index (χ0n) is 8.58. The first-order valence-electron chi connectivity index (χ1n) is 4.84. The van der Waals surface area contributed by atoms with Crippen molar-refractivity contribution >= 4 is 0 Å². The largest absolute Gasteiger partial charge is 0.307 e. The highest BCUT2D eigenvalue weighted by Crippen LogP contribution is 2.11. The minimum absolute atomic E-state index is 0.0674. The monoisotopic (exact) mass is 196 g/mol. The van der Waals surface area contributed by atoms with Gasteiger partial charge in [0.2, 0.25) is 0 Å². The first kappa shape index (κ1) is 9.48. The Morgan fingerprint density at radius 3 is 2.86 bits per heavy atom. The average Bonchev–Trinajstić information content (AvgIpc) is 2.48. The van der Waals surface area contributed by atoms with Gasteiger partial charge in [-0.1, -0.05) is 0 Å². The number of aryl methyl sites for hydroxylation is 1. The van der Waals surface area contributed by atoms with Gasteiger partial charge in [0.25, 0.3) is 5.56 Å². The van der Waals surface area contributed by atoms with Crippen LogP contribution in [0.3, 0.4) is 0 Å². The van der Waals surface area contributed by atoms with Crippen molar-refractivity contribution in [2.75, 3.05) is 26.7 Å². The number of nitrogens with zero attached hydrogens (tertiary/aromatic N) is 2. The van der Waals surface area contributed by atoms with E-state index in [2.05, 4.69) is 22.4 Å². The maximum atomic E-state index is 11.6. The summed E-state index contributed by atoms with van der Waals surface area (Å²) in [7, 11) is 3.81. The summed E-state index contributed by atoms with van der Waals surface area (Å²) in [6.45, 7) is 2.88. The first-order valence-corrected chi connectivity index (χ1v) is 4.84. The van der Waals surface area contributed by atoms with Gasteiger partial charge in [0.05, 0.1) is 11.6 Å². The van der Waals surface area contributed by atoms with Gasteiger partial charge >= 0.3 is 0 Å². The third kappa shape index (κ3) is 1.60. The predicted molar refractivity (Wildman–Crippen MR) is 54.3 cm³/mol. The fourth-order valence-electron chi connectivity index (χ4n) is 1.84. The van der Waals surface area contributed by atoms with Gasteiger partial charge < -0.3 is 15.3 Å². The number of aromatic nitrogens is 2. The van der Waals surface area contributed by atoms with Crippen molar-refractivity contribution in [2.45, 2.75) is 6.04 Å². The van der Waals surface area contributed by atoms with Crippen LogP contribution in [0.2, 0.25) is 0 Å². The molecule has 0 bridgehead atoms. The van der Waals surface area contributed by atoms with E-state index in [1.807, 2.05) is 0 Å². The van der Waals surface area contributed by atoms with Crippen LogP contribution in [0, 0.1) is 0 Å². The number of likely N-dealkylation sites (N-methyl/N-ethyl adjacent to an activating group) is 1. The van der Waals surface area contributed by atoms with Crippen molar-refractivity contribution in [3.8, 4) is 0 Å². The van der Waals surface area contributed by atoms with Crippen molar-refractivity contribution in [1.82, 2.24) is 20.0 Å². The molecule has 2 N–H and O–H groups in total. The Morgan fingerprint density at radius 1 is 1.50 bits per heavy atom. The lowest BCUT2D eigenvalue weighted by Gasteiger charge is -2.29. The van der Waals surface area contributed by atoms with E-state index in [1.54, 1.807) is 13.2 Å². The van der Waals surface area contributed by atoms with Crippen LogP contribution in [0.5, 0.6) is 0 Å². The van der Waals surface area contributed by atoms with Gasteiger partial charge in [0, 0.05) is 32.9 Å². The van der Waals surface area contributed by atoms with E-state index in [0.717, 1.165) is 25.2 Å². The average molecular weight is 196 g/mol. The minimum atomic E-state index is 0.0674. The number of aromatic amines is 1. The molecule has 0 aromatic carbocycles. The predicted octanol–water partition coefficient (Wildman–Crippen LogP) is -0.710. The molecule has 1 unspecified atom stereocenters. The Balaban J connectivity index is 2.22. The van der Waals surface area contributed by atoms with Gasteiger partial charge in [-0.25, -0.2) is 0 Å². The third-order valence-electron chi connectivity index (χ3n) is 2.72. The maximum absolute atomic E-state index is 11.6. The zero-order valence-corrected chi connectivity index (χ0v) is 8.58. The maximum Gasteiger partial charge on any atom is 0.271 e. The molecule has 78 valence electrons. The molecule has 1 fully saturated rings. The van der Waals surface area contributed by atoms with Crippen LogP contribution in [0.25, 0.3) is 0 Å². The molecular weight excluding hydrogens is 180 g/mol. The standard InChI is InChI=1S/C9H16N4O/c1-12-4-3-10-8(6-12)7-5-11-13(2)9(7)14/h5,8,10-11H,3-4,6H2,1-2H3. The summed E-state index contributed by atoms with van der Waals surface area (Å²) in [4.78, 5) is 13.9. The lowest BCUT2D eigenvalue weighted by molar-refractivity contribution is 0.240. The highest BCUT2D eigenvalue weighted by atomic mass is 16.1. The summed E-state index contributed by atoms with van der Waals surface area (Å²) in [5.74, 6) is 0. The van der Waals surface area contributed by atoms with Gasteiger partial charge in [-0.2, -0.15) is 0 Å². The van der Waals surface area contributed by atoms with E-state index in [4.69, 9.17) is 0 Å². The Bertz CT molecular complexity index is 367. The summed E-state index contributed by atoms with van der Waals surface area (Å²) in [5, 5.41) is 6.24. The molecule has 0 saturated carbocycles. The molecule has 1 aliphatic heterocycles. The van der Waals surface area contributed by atoms with Crippen molar-refractivity contribution in [2.24, 2.45) is 7.05 Å².